The first-order chi connectivity index (χ1) is 8.56. The molecule has 0 bridgehead atoms. The minimum absolute atomic E-state index is 0.293. The molecule has 4 nitrogen and oxygen atoms in total. The second kappa shape index (κ2) is 4.92. The summed E-state index contributed by atoms with van der Waals surface area (Å²) < 4.78 is 0. The number of hydrogen-bond donors (Lipinski definition) is 1. The molecule has 0 saturated carbocycles. The van der Waals surface area contributed by atoms with Crippen LogP contribution >= 0.6 is 11.6 Å². The number of carbonyl (C=O) groups is 2. The zero-order valence-corrected chi connectivity index (χ0v) is 10.8. The third kappa shape index (κ3) is 2.05. The van der Waals surface area contributed by atoms with Gasteiger partial charge in [-0.3, -0.25) is 9.59 Å². The molecule has 0 atom stereocenters. The summed E-state index contributed by atoms with van der Waals surface area (Å²) in [6.45, 7) is 4.77. The number of hydrogen-bond acceptors (Lipinski definition) is 3. The van der Waals surface area contributed by atoms with Gasteiger partial charge >= 0.3 is 0 Å². The maximum atomic E-state index is 11.9. The molecule has 1 heterocycles. The summed E-state index contributed by atoms with van der Waals surface area (Å²) in [4.78, 5) is 25.2. The summed E-state index contributed by atoms with van der Waals surface area (Å²) in [5.41, 5.74) is 1.68. The number of rotatable bonds is 4. The number of likely N-dealkylation sites (N-methyl/N-ethyl adjacent to an activating group) is 1. The smallest absolute Gasteiger partial charge is 0.299 e. The van der Waals surface area contributed by atoms with E-state index in [1.165, 1.54) is 4.90 Å². The third-order valence-electron chi connectivity index (χ3n) is 2.76. The Morgan fingerprint density at radius 2 is 2.17 bits per heavy atom. The topological polar surface area (TPSA) is 49.4 Å². The Hall–Kier alpha value is -1.65. The van der Waals surface area contributed by atoms with Crippen LogP contribution < -0.4 is 10.2 Å². The molecule has 0 aromatic heterocycles. The van der Waals surface area contributed by atoms with Gasteiger partial charge in [-0.25, -0.2) is 0 Å². The SMILES string of the molecule is C=C(CNC)CN1C(=O)C(=O)c2c(Cl)cccc21. The van der Waals surface area contributed by atoms with Gasteiger partial charge in [-0.2, -0.15) is 0 Å². The largest absolute Gasteiger partial charge is 0.316 e. The van der Waals surface area contributed by atoms with Crippen molar-refractivity contribution in [2.75, 3.05) is 25.0 Å². The van der Waals surface area contributed by atoms with E-state index >= 15 is 0 Å². The molecule has 1 amide bonds. The average molecular weight is 265 g/mol. The Morgan fingerprint density at radius 1 is 1.44 bits per heavy atom. The molecule has 94 valence electrons. The highest BCUT2D eigenvalue weighted by Crippen LogP contribution is 2.34. The molecule has 0 saturated heterocycles. The maximum absolute atomic E-state index is 11.9. The molecule has 2 rings (SSSR count). The van der Waals surface area contributed by atoms with Gasteiger partial charge in [0.25, 0.3) is 11.7 Å². The first-order valence-corrected chi connectivity index (χ1v) is 5.90. The van der Waals surface area contributed by atoms with Crippen LogP contribution in [0.25, 0.3) is 0 Å². The second-order valence-electron chi connectivity index (χ2n) is 4.13. The fourth-order valence-electron chi connectivity index (χ4n) is 1.99. The predicted octanol–water partition coefficient (Wildman–Crippen LogP) is 1.64. The number of anilines is 1. The van der Waals surface area contributed by atoms with Crippen LogP contribution in [0.15, 0.2) is 30.4 Å². The molecule has 5 heteroatoms. The maximum Gasteiger partial charge on any atom is 0.299 e. The molecule has 1 aliphatic heterocycles. The van der Waals surface area contributed by atoms with E-state index < -0.39 is 11.7 Å². The normalized spacial score (nSPS) is 14.0. The minimum atomic E-state index is -0.548. The zero-order chi connectivity index (χ0) is 13.3. The summed E-state index contributed by atoms with van der Waals surface area (Å²) in [7, 11) is 1.80. The van der Waals surface area contributed by atoms with Crippen molar-refractivity contribution in [1.82, 2.24) is 5.32 Å². The molecule has 0 radical (unpaired) electrons. The number of Topliss-reactive ketones (excluding diaryl/α,β-unsaturated/α-hetero) is 1. The monoisotopic (exact) mass is 264 g/mol. The van der Waals surface area contributed by atoms with Crippen LogP contribution in [-0.4, -0.2) is 31.8 Å². The molecule has 1 aliphatic rings. The summed E-state index contributed by atoms with van der Waals surface area (Å²) in [6.07, 6.45) is 0. The summed E-state index contributed by atoms with van der Waals surface area (Å²) in [5.74, 6) is -1.09. The van der Waals surface area contributed by atoms with Gasteiger partial charge in [0.2, 0.25) is 0 Å². The van der Waals surface area contributed by atoms with E-state index in [0.717, 1.165) is 5.57 Å². The lowest BCUT2D eigenvalue weighted by Crippen LogP contribution is -2.33. The first-order valence-electron chi connectivity index (χ1n) is 5.52. The molecule has 0 aliphatic carbocycles. The molecular formula is C13H13ClN2O2. The molecule has 1 N–H and O–H groups in total. The number of nitrogens with zero attached hydrogens (tertiary/aromatic N) is 1. The number of carbonyl (C=O) groups excluding carboxylic acids is 2. The van der Waals surface area contributed by atoms with Gasteiger partial charge in [0.05, 0.1) is 16.3 Å². The van der Waals surface area contributed by atoms with Crippen molar-refractivity contribution in [3.8, 4) is 0 Å². The fourth-order valence-corrected chi connectivity index (χ4v) is 2.24. The lowest BCUT2D eigenvalue weighted by molar-refractivity contribution is -0.114. The molecule has 0 spiro atoms. The molecule has 1 aromatic carbocycles. The van der Waals surface area contributed by atoms with Crippen LogP contribution in [0.2, 0.25) is 5.02 Å². The predicted molar refractivity (Wildman–Crippen MR) is 71.2 cm³/mol. The quantitative estimate of drug-likeness (QED) is 0.664. The van der Waals surface area contributed by atoms with Crippen molar-refractivity contribution in [3.05, 3.63) is 40.9 Å². The standard InChI is InChI=1S/C13H13ClN2O2/c1-8(6-15-2)7-16-10-5-3-4-9(14)11(10)12(17)13(16)18/h3-5,15H,1,6-7H2,2H3. The Labute approximate surface area is 110 Å². The Balaban J connectivity index is 2.35. The van der Waals surface area contributed by atoms with Crippen LogP contribution in [0.4, 0.5) is 5.69 Å². The van der Waals surface area contributed by atoms with E-state index in [-0.39, 0.29) is 0 Å². The van der Waals surface area contributed by atoms with Gasteiger partial charge in [0.15, 0.2) is 0 Å². The second-order valence-corrected chi connectivity index (χ2v) is 4.54. The van der Waals surface area contributed by atoms with Gasteiger partial charge in [0.1, 0.15) is 0 Å². The summed E-state index contributed by atoms with van der Waals surface area (Å²) >= 11 is 5.96. The van der Waals surface area contributed by atoms with Gasteiger partial charge < -0.3 is 10.2 Å². The lowest BCUT2D eigenvalue weighted by atomic mass is 10.1. The minimum Gasteiger partial charge on any atom is -0.316 e. The molecule has 1 aromatic rings. The van der Waals surface area contributed by atoms with Crippen molar-refractivity contribution in [1.29, 1.82) is 0 Å². The fraction of sp³-hybridized carbons (Fsp3) is 0.231. The van der Waals surface area contributed by atoms with Crippen LogP contribution in [0.5, 0.6) is 0 Å². The zero-order valence-electron chi connectivity index (χ0n) is 10.00. The summed E-state index contributed by atoms with van der Waals surface area (Å²) in [6, 6.07) is 5.05. The highest BCUT2D eigenvalue weighted by atomic mass is 35.5. The van der Waals surface area contributed by atoms with Crippen molar-refractivity contribution in [3.63, 3.8) is 0 Å². The van der Waals surface area contributed by atoms with E-state index in [0.29, 0.717) is 29.4 Å². The molecule has 18 heavy (non-hydrogen) atoms. The van der Waals surface area contributed by atoms with Crippen molar-refractivity contribution in [2.45, 2.75) is 0 Å². The number of benzene rings is 1. The van der Waals surface area contributed by atoms with Crippen molar-refractivity contribution >= 4 is 29.0 Å². The number of amides is 1. The van der Waals surface area contributed by atoms with E-state index in [9.17, 15) is 9.59 Å². The number of nitrogens with one attached hydrogen (secondary N) is 1. The Bertz CT molecular complexity index is 540. The van der Waals surface area contributed by atoms with E-state index in [2.05, 4.69) is 11.9 Å². The van der Waals surface area contributed by atoms with Crippen molar-refractivity contribution in [2.24, 2.45) is 0 Å². The molecule has 0 fully saturated rings. The summed E-state index contributed by atoms with van der Waals surface area (Å²) in [5, 5.41) is 3.27. The first kappa shape index (κ1) is 12.8. The van der Waals surface area contributed by atoms with Gasteiger partial charge in [-0.1, -0.05) is 24.2 Å². The van der Waals surface area contributed by atoms with Gasteiger partial charge in [0, 0.05) is 13.1 Å². The van der Waals surface area contributed by atoms with Crippen LogP contribution in [0.3, 0.4) is 0 Å². The van der Waals surface area contributed by atoms with Crippen LogP contribution in [0, 0.1) is 0 Å². The Morgan fingerprint density at radius 3 is 2.83 bits per heavy atom. The van der Waals surface area contributed by atoms with Crippen LogP contribution in [-0.2, 0) is 4.79 Å². The molecule has 0 unspecified atom stereocenters. The van der Waals surface area contributed by atoms with Crippen LogP contribution in [0.1, 0.15) is 10.4 Å². The number of fused-ring (bicyclic) bond motifs is 1. The average Bonchev–Trinajstić information content (AvgIpc) is 2.56. The number of halogens is 1. The van der Waals surface area contributed by atoms with E-state index in [1.807, 2.05) is 0 Å². The van der Waals surface area contributed by atoms with Gasteiger partial charge in [-0.15, -0.1) is 0 Å². The lowest BCUT2D eigenvalue weighted by Gasteiger charge is -2.17. The Kier molecular flexibility index (Phi) is 3.50. The third-order valence-corrected chi connectivity index (χ3v) is 3.07. The van der Waals surface area contributed by atoms with E-state index in [1.54, 1.807) is 25.2 Å². The van der Waals surface area contributed by atoms with Crippen molar-refractivity contribution < 1.29 is 9.59 Å². The highest BCUT2D eigenvalue weighted by Gasteiger charge is 2.37. The van der Waals surface area contributed by atoms with E-state index in [4.69, 9.17) is 11.6 Å². The highest BCUT2D eigenvalue weighted by molar-refractivity contribution is 6.55. The molecular weight excluding hydrogens is 252 g/mol. The number of ketones is 1. The van der Waals surface area contributed by atoms with Gasteiger partial charge in [-0.05, 0) is 24.8 Å².